The van der Waals surface area contributed by atoms with Crippen LogP contribution in [0.3, 0.4) is 0 Å². The fourth-order valence-electron chi connectivity index (χ4n) is 2.68. The average Bonchev–Trinajstić information content (AvgIpc) is 3.20. The third kappa shape index (κ3) is 8.97. The molecule has 0 fully saturated rings. The van der Waals surface area contributed by atoms with Gasteiger partial charge in [0.25, 0.3) is 0 Å². The molecular weight excluding hydrogens is 424 g/mol. The summed E-state index contributed by atoms with van der Waals surface area (Å²) in [6.07, 6.45) is 5.37. The van der Waals surface area contributed by atoms with Gasteiger partial charge in [-0.2, -0.15) is 11.8 Å². The number of carbonyl (C=O) groups is 4. The molecule has 3 amide bonds. The van der Waals surface area contributed by atoms with E-state index in [1.54, 1.807) is 20.0 Å². The highest BCUT2D eigenvalue weighted by molar-refractivity contribution is 7.98. The van der Waals surface area contributed by atoms with Crippen LogP contribution in [0.2, 0.25) is 0 Å². The van der Waals surface area contributed by atoms with Crippen molar-refractivity contribution in [2.45, 2.75) is 57.8 Å². The largest absolute Gasteiger partial charge is 0.480 e. The lowest BCUT2D eigenvalue weighted by molar-refractivity contribution is -0.142. The maximum atomic E-state index is 12.7. The Morgan fingerprint density at radius 1 is 1.13 bits per heavy atom. The van der Waals surface area contributed by atoms with Gasteiger partial charge >= 0.3 is 5.97 Å². The quantitative estimate of drug-likeness (QED) is 0.224. The molecule has 12 heteroatoms. The van der Waals surface area contributed by atoms with E-state index < -0.39 is 47.9 Å². The minimum Gasteiger partial charge on any atom is -0.480 e. The number of aliphatic carboxylic acids is 1. The SMILES string of the molecule is CSCCC(NC(=O)C(C)NC(=O)C(NC(=O)C(N)Cc1cnc[nH]1)C(C)C)C(=O)O. The van der Waals surface area contributed by atoms with Gasteiger partial charge in [-0.1, -0.05) is 13.8 Å². The number of thioether (sulfide) groups is 1. The highest BCUT2D eigenvalue weighted by atomic mass is 32.2. The second-order valence-electron chi connectivity index (χ2n) is 7.53. The molecule has 0 bridgehead atoms. The van der Waals surface area contributed by atoms with Gasteiger partial charge in [-0.3, -0.25) is 14.4 Å². The molecule has 4 atom stereocenters. The van der Waals surface area contributed by atoms with E-state index in [0.29, 0.717) is 11.4 Å². The zero-order valence-corrected chi connectivity index (χ0v) is 19.0. The molecule has 7 N–H and O–H groups in total. The number of rotatable bonds is 13. The van der Waals surface area contributed by atoms with Crippen LogP contribution >= 0.6 is 11.8 Å². The fourth-order valence-corrected chi connectivity index (χ4v) is 3.15. The molecule has 1 aromatic heterocycles. The maximum Gasteiger partial charge on any atom is 0.326 e. The molecule has 1 aromatic rings. The molecule has 0 radical (unpaired) electrons. The van der Waals surface area contributed by atoms with Gasteiger partial charge in [-0.05, 0) is 31.3 Å². The molecule has 4 unspecified atom stereocenters. The van der Waals surface area contributed by atoms with E-state index in [4.69, 9.17) is 5.73 Å². The third-order valence-corrected chi connectivity index (χ3v) is 5.20. The van der Waals surface area contributed by atoms with Crippen molar-refractivity contribution < 1.29 is 24.3 Å². The van der Waals surface area contributed by atoms with Gasteiger partial charge < -0.3 is 31.8 Å². The van der Waals surface area contributed by atoms with E-state index in [1.165, 1.54) is 25.0 Å². The lowest BCUT2D eigenvalue weighted by Crippen LogP contribution is -2.58. The van der Waals surface area contributed by atoms with E-state index in [2.05, 4.69) is 25.9 Å². The van der Waals surface area contributed by atoms with E-state index in [-0.39, 0.29) is 18.8 Å². The highest BCUT2D eigenvalue weighted by Gasteiger charge is 2.30. The molecule has 0 aliphatic carbocycles. The molecule has 0 spiro atoms. The number of amides is 3. The molecule has 1 rings (SSSR count). The van der Waals surface area contributed by atoms with Gasteiger partial charge in [0, 0.05) is 18.3 Å². The van der Waals surface area contributed by atoms with E-state index in [0.717, 1.165) is 0 Å². The molecule has 0 saturated carbocycles. The molecule has 0 aromatic carbocycles. The number of imidazole rings is 1. The fraction of sp³-hybridized carbons (Fsp3) is 0.632. The lowest BCUT2D eigenvalue weighted by atomic mass is 10.0. The predicted octanol–water partition coefficient (Wildman–Crippen LogP) is -0.752. The Bertz CT molecular complexity index is 742. The number of carboxylic acids is 1. The Kier molecular flexibility index (Phi) is 11.0. The molecule has 0 aliphatic rings. The van der Waals surface area contributed by atoms with E-state index in [1.807, 2.05) is 6.26 Å². The Labute approximate surface area is 185 Å². The number of carbonyl (C=O) groups excluding carboxylic acids is 3. The standard InChI is InChI=1S/C19H32N6O5S/c1-10(2)15(25-17(27)13(20)7-12-8-21-9-22-12)18(28)23-11(3)16(26)24-14(19(29)30)5-6-31-4/h8-11,13-15H,5-7,20H2,1-4H3,(H,21,22)(H,23,28)(H,24,26)(H,25,27)(H,29,30). The van der Waals surface area contributed by atoms with Crippen molar-refractivity contribution in [3.63, 3.8) is 0 Å². The zero-order chi connectivity index (χ0) is 23.6. The second kappa shape index (κ2) is 13.0. The minimum absolute atomic E-state index is 0.226. The van der Waals surface area contributed by atoms with Gasteiger partial charge in [0.05, 0.1) is 12.4 Å². The summed E-state index contributed by atoms with van der Waals surface area (Å²) >= 11 is 1.47. The second-order valence-corrected chi connectivity index (χ2v) is 8.51. The number of aromatic amines is 1. The summed E-state index contributed by atoms with van der Waals surface area (Å²) in [6.45, 7) is 4.95. The van der Waals surface area contributed by atoms with Crippen LogP contribution in [0.1, 0.15) is 32.9 Å². The number of hydrogen-bond donors (Lipinski definition) is 6. The third-order valence-electron chi connectivity index (χ3n) is 4.56. The Morgan fingerprint density at radius 3 is 2.32 bits per heavy atom. The smallest absolute Gasteiger partial charge is 0.326 e. The van der Waals surface area contributed by atoms with Crippen LogP contribution in [0, 0.1) is 5.92 Å². The summed E-state index contributed by atoms with van der Waals surface area (Å²) in [5.74, 6) is -2.53. The van der Waals surface area contributed by atoms with Gasteiger partial charge in [0.1, 0.15) is 18.1 Å². The average molecular weight is 457 g/mol. The van der Waals surface area contributed by atoms with Crippen LogP contribution in [0.5, 0.6) is 0 Å². The summed E-state index contributed by atoms with van der Waals surface area (Å²) < 4.78 is 0. The topological polar surface area (TPSA) is 179 Å². The van der Waals surface area contributed by atoms with Crippen LogP contribution in [0.15, 0.2) is 12.5 Å². The monoisotopic (exact) mass is 456 g/mol. The number of aromatic nitrogens is 2. The molecular formula is C19H32N6O5S. The number of nitrogens with two attached hydrogens (primary N) is 1. The summed E-state index contributed by atoms with van der Waals surface area (Å²) in [7, 11) is 0. The van der Waals surface area contributed by atoms with Crippen molar-refractivity contribution >= 4 is 35.5 Å². The first-order valence-corrected chi connectivity index (χ1v) is 11.3. The first kappa shape index (κ1) is 26.4. The van der Waals surface area contributed by atoms with Crippen molar-refractivity contribution in [1.29, 1.82) is 0 Å². The van der Waals surface area contributed by atoms with Crippen LogP contribution in [-0.4, -0.2) is 74.9 Å². The van der Waals surface area contributed by atoms with E-state index >= 15 is 0 Å². The Morgan fingerprint density at radius 2 is 1.81 bits per heavy atom. The zero-order valence-electron chi connectivity index (χ0n) is 18.2. The van der Waals surface area contributed by atoms with Crippen molar-refractivity contribution in [3.05, 3.63) is 18.2 Å². The molecule has 0 saturated heterocycles. The summed E-state index contributed by atoms with van der Waals surface area (Å²) in [5, 5.41) is 16.8. The molecule has 31 heavy (non-hydrogen) atoms. The number of hydrogen-bond acceptors (Lipinski definition) is 7. The Hall–Kier alpha value is -2.60. The lowest BCUT2D eigenvalue weighted by Gasteiger charge is -2.25. The molecule has 11 nitrogen and oxygen atoms in total. The van der Waals surface area contributed by atoms with Crippen molar-refractivity contribution in [3.8, 4) is 0 Å². The first-order chi connectivity index (χ1) is 14.6. The van der Waals surface area contributed by atoms with Crippen LogP contribution < -0.4 is 21.7 Å². The minimum atomic E-state index is -1.14. The highest BCUT2D eigenvalue weighted by Crippen LogP contribution is 2.05. The normalized spacial score (nSPS) is 14.9. The first-order valence-electron chi connectivity index (χ1n) is 9.92. The summed E-state index contributed by atoms with van der Waals surface area (Å²) in [6, 6.07) is -3.83. The van der Waals surface area contributed by atoms with Gasteiger partial charge in [0.2, 0.25) is 17.7 Å². The summed E-state index contributed by atoms with van der Waals surface area (Å²) in [5.41, 5.74) is 6.60. The van der Waals surface area contributed by atoms with Crippen molar-refractivity contribution in [1.82, 2.24) is 25.9 Å². The van der Waals surface area contributed by atoms with Crippen LogP contribution in [0.25, 0.3) is 0 Å². The summed E-state index contributed by atoms with van der Waals surface area (Å²) in [4.78, 5) is 55.5. The molecule has 1 heterocycles. The van der Waals surface area contributed by atoms with Crippen molar-refractivity contribution in [2.75, 3.05) is 12.0 Å². The maximum absolute atomic E-state index is 12.7. The van der Waals surface area contributed by atoms with Crippen LogP contribution in [-0.2, 0) is 25.6 Å². The molecule has 174 valence electrons. The molecule has 0 aliphatic heterocycles. The number of nitrogens with zero attached hydrogens (tertiary/aromatic N) is 1. The van der Waals surface area contributed by atoms with Gasteiger partial charge in [-0.15, -0.1) is 0 Å². The van der Waals surface area contributed by atoms with E-state index in [9.17, 15) is 24.3 Å². The van der Waals surface area contributed by atoms with Gasteiger partial charge in [0.15, 0.2) is 0 Å². The number of nitrogens with one attached hydrogen (secondary N) is 4. The predicted molar refractivity (Wildman–Crippen MR) is 117 cm³/mol. The van der Waals surface area contributed by atoms with Crippen LogP contribution in [0.4, 0.5) is 0 Å². The van der Waals surface area contributed by atoms with Gasteiger partial charge in [-0.25, -0.2) is 9.78 Å². The number of carboxylic acid groups (broad SMARTS) is 1. The number of H-pyrrole nitrogens is 1. The van der Waals surface area contributed by atoms with Crippen molar-refractivity contribution in [2.24, 2.45) is 11.7 Å². The Balaban J connectivity index is 2.67.